The van der Waals surface area contributed by atoms with Crippen molar-refractivity contribution >= 4 is 17.5 Å². The molecule has 21 heavy (non-hydrogen) atoms. The van der Waals surface area contributed by atoms with Crippen LogP contribution in [0.1, 0.15) is 33.3 Å². The van der Waals surface area contributed by atoms with Crippen LogP contribution in [0.5, 0.6) is 0 Å². The fourth-order valence-electron chi connectivity index (χ4n) is 1.98. The Morgan fingerprint density at radius 3 is 2.57 bits per heavy atom. The molecule has 0 unspecified atom stereocenters. The van der Waals surface area contributed by atoms with Crippen LogP contribution in [0.4, 0.5) is 5.69 Å². The van der Waals surface area contributed by atoms with Gasteiger partial charge in [0.15, 0.2) is 5.69 Å². The standard InChI is InChI=1S/C15H18N4O2/c1-4-19-9-12(13(18-19)15(21)16-3)17-14(20)11-8-6-5-7-10(11)2/h5-9H,4H2,1-3H3,(H,16,21)(H,17,20). The minimum absolute atomic E-state index is 0.210. The molecule has 2 amide bonds. The van der Waals surface area contributed by atoms with Crippen molar-refractivity contribution in [3.8, 4) is 0 Å². The second-order valence-electron chi connectivity index (χ2n) is 4.60. The Morgan fingerprint density at radius 1 is 1.24 bits per heavy atom. The average molecular weight is 286 g/mol. The number of carbonyl (C=O) groups excluding carboxylic acids is 2. The maximum absolute atomic E-state index is 12.3. The summed E-state index contributed by atoms with van der Waals surface area (Å²) in [6, 6.07) is 7.28. The first-order chi connectivity index (χ1) is 10.1. The molecule has 1 aromatic heterocycles. The summed E-state index contributed by atoms with van der Waals surface area (Å²) < 4.78 is 1.61. The van der Waals surface area contributed by atoms with Crippen LogP contribution < -0.4 is 10.6 Å². The Hall–Kier alpha value is -2.63. The summed E-state index contributed by atoms with van der Waals surface area (Å²) in [7, 11) is 1.53. The molecule has 2 aromatic rings. The molecule has 1 heterocycles. The van der Waals surface area contributed by atoms with Crippen molar-refractivity contribution in [3.63, 3.8) is 0 Å². The molecule has 1 aromatic carbocycles. The number of hydrogen-bond donors (Lipinski definition) is 2. The van der Waals surface area contributed by atoms with Crippen LogP contribution in [0.25, 0.3) is 0 Å². The lowest BCUT2D eigenvalue weighted by Crippen LogP contribution is -2.21. The summed E-state index contributed by atoms with van der Waals surface area (Å²) >= 11 is 0. The molecule has 0 saturated carbocycles. The van der Waals surface area contributed by atoms with E-state index in [-0.39, 0.29) is 17.5 Å². The second-order valence-corrected chi connectivity index (χ2v) is 4.60. The van der Waals surface area contributed by atoms with E-state index in [1.165, 1.54) is 7.05 Å². The third-order valence-corrected chi connectivity index (χ3v) is 3.17. The molecule has 110 valence electrons. The van der Waals surface area contributed by atoms with Crippen molar-refractivity contribution < 1.29 is 9.59 Å². The van der Waals surface area contributed by atoms with Crippen molar-refractivity contribution in [3.05, 3.63) is 47.3 Å². The Bertz CT molecular complexity index is 676. The maximum atomic E-state index is 12.3. The van der Waals surface area contributed by atoms with E-state index in [1.807, 2.05) is 26.0 Å². The van der Waals surface area contributed by atoms with Gasteiger partial charge in [0.25, 0.3) is 11.8 Å². The molecule has 6 heteroatoms. The highest BCUT2D eigenvalue weighted by Crippen LogP contribution is 2.16. The lowest BCUT2D eigenvalue weighted by Gasteiger charge is -2.06. The molecule has 0 aliphatic heterocycles. The minimum Gasteiger partial charge on any atom is -0.354 e. The van der Waals surface area contributed by atoms with E-state index in [4.69, 9.17) is 0 Å². The predicted octanol–water partition coefficient (Wildman–Crippen LogP) is 1.82. The summed E-state index contributed by atoms with van der Waals surface area (Å²) in [4.78, 5) is 24.1. The molecule has 0 atom stereocenters. The van der Waals surface area contributed by atoms with Crippen LogP contribution >= 0.6 is 0 Å². The Labute approximate surface area is 123 Å². The topological polar surface area (TPSA) is 76.0 Å². The monoisotopic (exact) mass is 286 g/mol. The van der Waals surface area contributed by atoms with Crippen molar-refractivity contribution in [2.75, 3.05) is 12.4 Å². The van der Waals surface area contributed by atoms with Gasteiger partial charge in [-0.2, -0.15) is 5.10 Å². The number of nitrogens with one attached hydrogen (secondary N) is 2. The van der Waals surface area contributed by atoms with Crippen molar-refractivity contribution in [1.29, 1.82) is 0 Å². The third kappa shape index (κ3) is 3.10. The highest BCUT2D eigenvalue weighted by molar-refractivity contribution is 6.08. The van der Waals surface area contributed by atoms with Gasteiger partial charge in [0.2, 0.25) is 0 Å². The first kappa shape index (κ1) is 14.8. The minimum atomic E-state index is -0.331. The summed E-state index contributed by atoms with van der Waals surface area (Å²) in [5.74, 6) is -0.587. The van der Waals surface area contributed by atoms with Crippen LogP contribution in [0, 0.1) is 6.92 Å². The van der Waals surface area contributed by atoms with Gasteiger partial charge < -0.3 is 10.6 Å². The Kier molecular flexibility index (Phi) is 4.37. The molecule has 0 radical (unpaired) electrons. The van der Waals surface area contributed by atoms with Gasteiger partial charge in [-0.1, -0.05) is 18.2 Å². The number of rotatable bonds is 4. The molecular formula is C15H18N4O2. The SMILES string of the molecule is CCn1cc(NC(=O)c2ccccc2C)c(C(=O)NC)n1. The quantitative estimate of drug-likeness (QED) is 0.900. The van der Waals surface area contributed by atoms with Crippen LogP contribution in [0.2, 0.25) is 0 Å². The van der Waals surface area contributed by atoms with E-state index in [1.54, 1.807) is 23.0 Å². The summed E-state index contributed by atoms with van der Waals surface area (Å²) in [6.45, 7) is 4.39. The van der Waals surface area contributed by atoms with Crippen molar-refractivity contribution in [2.24, 2.45) is 0 Å². The zero-order chi connectivity index (χ0) is 15.4. The lowest BCUT2D eigenvalue weighted by atomic mass is 10.1. The highest BCUT2D eigenvalue weighted by Gasteiger charge is 2.18. The number of benzene rings is 1. The number of carbonyl (C=O) groups is 2. The smallest absolute Gasteiger partial charge is 0.273 e. The normalized spacial score (nSPS) is 10.2. The van der Waals surface area contributed by atoms with Gasteiger partial charge >= 0.3 is 0 Å². The molecule has 0 aliphatic rings. The number of amides is 2. The molecule has 0 spiro atoms. The summed E-state index contributed by atoms with van der Waals surface area (Å²) in [6.07, 6.45) is 1.65. The molecule has 2 rings (SSSR count). The molecule has 6 nitrogen and oxygen atoms in total. The van der Waals surface area contributed by atoms with Crippen molar-refractivity contribution in [2.45, 2.75) is 20.4 Å². The zero-order valence-corrected chi connectivity index (χ0v) is 12.3. The molecule has 0 bridgehead atoms. The van der Waals surface area contributed by atoms with E-state index < -0.39 is 0 Å². The van der Waals surface area contributed by atoms with Gasteiger partial charge in [0.05, 0.1) is 5.69 Å². The van der Waals surface area contributed by atoms with Crippen LogP contribution in [0.15, 0.2) is 30.5 Å². The van der Waals surface area contributed by atoms with E-state index in [0.717, 1.165) is 5.56 Å². The molecule has 0 saturated heterocycles. The summed E-state index contributed by atoms with van der Waals surface area (Å²) in [5.41, 5.74) is 2.06. The molecule has 2 N–H and O–H groups in total. The van der Waals surface area contributed by atoms with Gasteiger partial charge in [0, 0.05) is 25.4 Å². The van der Waals surface area contributed by atoms with E-state index in [9.17, 15) is 9.59 Å². The first-order valence-electron chi connectivity index (χ1n) is 6.73. The van der Waals surface area contributed by atoms with Gasteiger partial charge in [-0.25, -0.2) is 0 Å². The molecular weight excluding hydrogens is 268 g/mol. The fourth-order valence-corrected chi connectivity index (χ4v) is 1.98. The Morgan fingerprint density at radius 2 is 1.95 bits per heavy atom. The van der Waals surface area contributed by atoms with Crippen LogP contribution in [0.3, 0.4) is 0 Å². The Balaban J connectivity index is 2.31. The first-order valence-corrected chi connectivity index (χ1v) is 6.73. The predicted molar refractivity (Wildman–Crippen MR) is 80.4 cm³/mol. The van der Waals surface area contributed by atoms with Crippen LogP contribution in [-0.2, 0) is 6.54 Å². The van der Waals surface area contributed by atoms with E-state index in [0.29, 0.717) is 17.8 Å². The van der Waals surface area contributed by atoms with E-state index >= 15 is 0 Å². The largest absolute Gasteiger partial charge is 0.354 e. The number of aromatic nitrogens is 2. The fraction of sp³-hybridized carbons (Fsp3) is 0.267. The number of anilines is 1. The molecule has 0 fully saturated rings. The molecule has 0 aliphatic carbocycles. The van der Waals surface area contributed by atoms with Gasteiger partial charge in [-0.3, -0.25) is 14.3 Å². The van der Waals surface area contributed by atoms with Gasteiger partial charge in [-0.15, -0.1) is 0 Å². The zero-order valence-electron chi connectivity index (χ0n) is 12.3. The second kappa shape index (κ2) is 6.21. The van der Waals surface area contributed by atoms with E-state index in [2.05, 4.69) is 15.7 Å². The highest BCUT2D eigenvalue weighted by atomic mass is 16.2. The van der Waals surface area contributed by atoms with Crippen LogP contribution in [-0.4, -0.2) is 28.6 Å². The third-order valence-electron chi connectivity index (χ3n) is 3.17. The lowest BCUT2D eigenvalue weighted by molar-refractivity contribution is 0.0958. The number of nitrogens with zero attached hydrogens (tertiary/aromatic N) is 2. The van der Waals surface area contributed by atoms with Gasteiger partial charge in [0.1, 0.15) is 0 Å². The van der Waals surface area contributed by atoms with Gasteiger partial charge in [-0.05, 0) is 25.5 Å². The number of aryl methyl sites for hydroxylation is 2. The number of hydrogen-bond acceptors (Lipinski definition) is 3. The summed E-state index contributed by atoms with van der Waals surface area (Å²) in [5, 5.41) is 9.43. The van der Waals surface area contributed by atoms with Crippen molar-refractivity contribution in [1.82, 2.24) is 15.1 Å². The maximum Gasteiger partial charge on any atom is 0.273 e. The average Bonchev–Trinajstić information content (AvgIpc) is 2.89.